The summed E-state index contributed by atoms with van der Waals surface area (Å²) in [5.41, 5.74) is 5.42. The summed E-state index contributed by atoms with van der Waals surface area (Å²) in [6.45, 7) is 2.23. The molecule has 2 nitrogen and oxygen atoms in total. The summed E-state index contributed by atoms with van der Waals surface area (Å²) in [6.07, 6.45) is 7.87. The molecule has 0 amide bonds. The van der Waals surface area contributed by atoms with Gasteiger partial charge in [0.2, 0.25) is 0 Å². The first-order chi connectivity index (χ1) is 6.31. The summed E-state index contributed by atoms with van der Waals surface area (Å²) in [6, 6.07) is 0. The first-order valence-corrected chi connectivity index (χ1v) is 6.20. The molecule has 0 heterocycles. The van der Waals surface area contributed by atoms with Crippen molar-refractivity contribution in [2.75, 3.05) is 5.75 Å². The SMILES string of the molecule is CCCCCCCCSC(N)=NCl. The Morgan fingerprint density at radius 3 is 2.46 bits per heavy atom. The molecule has 2 N–H and O–H groups in total. The molecule has 0 bridgehead atoms. The predicted molar refractivity (Wildman–Crippen MR) is 63.3 cm³/mol. The Balaban J connectivity index is 3.00. The van der Waals surface area contributed by atoms with Gasteiger partial charge in [-0.1, -0.05) is 50.8 Å². The number of thioether (sulfide) groups is 1. The lowest BCUT2D eigenvalue weighted by Crippen LogP contribution is -2.05. The highest BCUT2D eigenvalue weighted by Gasteiger charge is 1.93. The van der Waals surface area contributed by atoms with Gasteiger partial charge >= 0.3 is 0 Å². The van der Waals surface area contributed by atoms with Crippen molar-refractivity contribution in [3.8, 4) is 0 Å². The Bertz CT molecular complexity index is 140. The maximum absolute atomic E-state index is 5.42. The summed E-state index contributed by atoms with van der Waals surface area (Å²) in [5, 5.41) is 0.482. The van der Waals surface area contributed by atoms with Crippen LogP contribution in [0.25, 0.3) is 0 Å². The molecule has 0 saturated heterocycles. The topological polar surface area (TPSA) is 38.4 Å². The van der Waals surface area contributed by atoms with Crippen LogP contribution in [-0.4, -0.2) is 10.9 Å². The van der Waals surface area contributed by atoms with Gasteiger partial charge in [-0.3, -0.25) is 0 Å². The third kappa shape index (κ3) is 10.0. The highest BCUT2D eigenvalue weighted by Crippen LogP contribution is 2.09. The Morgan fingerprint density at radius 1 is 1.23 bits per heavy atom. The highest BCUT2D eigenvalue weighted by atomic mass is 35.5. The number of halogens is 1. The molecule has 0 unspecified atom stereocenters. The van der Waals surface area contributed by atoms with Gasteiger partial charge in [0.1, 0.15) is 0 Å². The van der Waals surface area contributed by atoms with Crippen molar-refractivity contribution in [3.05, 3.63) is 0 Å². The summed E-state index contributed by atoms with van der Waals surface area (Å²) < 4.78 is 3.37. The number of nitrogens with zero attached hydrogens (tertiary/aromatic N) is 1. The third-order valence-corrected chi connectivity index (χ3v) is 2.99. The average Bonchev–Trinajstić information content (AvgIpc) is 2.16. The standard InChI is InChI=1S/C9H19ClN2S/c1-2-3-4-5-6-7-8-13-9(11)12-10/h2-8H2,1H3,(H2,11,12). The zero-order valence-electron chi connectivity index (χ0n) is 8.26. The minimum atomic E-state index is 0.482. The summed E-state index contributed by atoms with van der Waals surface area (Å²) >= 11 is 6.71. The fourth-order valence-electron chi connectivity index (χ4n) is 1.08. The number of nitrogens with two attached hydrogens (primary N) is 1. The molecule has 0 rings (SSSR count). The number of amidine groups is 1. The zero-order chi connectivity index (χ0) is 9.94. The zero-order valence-corrected chi connectivity index (χ0v) is 9.83. The lowest BCUT2D eigenvalue weighted by molar-refractivity contribution is 0.627. The Hall–Kier alpha value is 0.110. The molecule has 0 aliphatic rings. The van der Waals surface area contributed by atoms with E-state index in [2.05, 4.69) is 11.4 Å². The van der Waals surface area contributed by atoms with Gasteiger partial charge in [0.05, 0.1) is 0 Å². The fraction of sp³-hybridized carbons (Fsp3) is 0.889. The van der Waals surface area contributed by atoms with Gasteiger partial charge in [0.25, 0.3) is 0 Å². The van der Waals surface area contributed by atoms with Crippen LogP contribution in [0.15, 0.2) is 4.51 Å². The molecule has 0 saturated carbocycles. The van der Waals surface area contributed by atoms with E-state index >= 15 is 0 Å². The van der Waals surface area contributed by atoms with Crippen molar-refractivity contribution >= 4 is 28.7 Å². The first-order valence-electron chi connectivity index (χ1n) is 4.88. The van der Waals surface area contributed by atoms with Crippen molar-refractivity contribution in [3.63, 3.8) is 0 Å². The molecule has 0 aromatic heterocycles. The van der Waals surface area contributed by atoms with E-state index in [9.17, 15) is 0 Å². The molecule has 78 valence electrons. The highest BCUT2D eigenvalue weighted by molar-refractivity contribution is 8.13. The quantitative estimate of drug-likeness (QED) is 0.407. The number of unbranched alkanes of at least 4 members (excludes halogenated alkanes) is 5. The van der Waals surface area contributed by atoms with Crippen molar-refractivity contribution in [2.24, 2.45) is 10.2 Å². The Labute approximate surface area is 90.4 Å². The van der Waals surface area contributed by atoms with Gasteiger partial charge in [-0.15, -0.1) is 0 Å². The van der Waals surface area contributed by atoms with Gasteiger partial charge in [-0.25, -0.2) is 0 Å². The fourth-order valence-corrected chi connectivity index (χ4v) is 1.84. The number of hydrogen-bond acceptors (Lipinski definition) is 2. The predicted octanol–water partition coefficient (Wildman–Crippen LogP) is 3.55. The van der Waals surface area contributed by atoms with E-state index in [1.165, 1.54) is 50.3 Å². The van der Waals surface area contributed by atoms with E-state index < -0.39 is 0 Å². The largest absolute Gasteiger partial charge is 0.377 e. The summed E-state index contributed by atoms with van der Waals surface area (Å²) in [4.78, 5) is 0. The van der Waals surface area contributed by atoms with Crippen LogP contribution in [0.5, 0.6) is 0 Å². The lowest BCUT2D eigenvalue weighted by Gasteiger charge is -1.99. The van der Waals surface area contributed by atoms with Crippen LogP contribution in [0.4, 0.5) is 0 Å². The molecular weight excluding hydrogens is 204 g/mol. The second-order valence-electron chi connectivity index (χ2n) is 3.04. The monoisotopic (exact) mass is 222 g/mol. The minimum absolute atomic E-state index is 0.482. The second-order valence-corrected chi connectivity index (χ2v) is 4.32. The normalized spacial score (nSPS) is 12.0. The molecule has 0 spiro atoms. The maximum atomic E-state index is 5.42. The average molecular weight is 223 g/mol. The van der Waals surface area contributed by atoms with Crippen LogP contribution in [0.1, 0.15) is 45.4 Å². The molecule has 0 atom stereocenters. The number of hydrogen-bond donors (Lipinski definition) is 1. The minimum Gasteiger partial charge on any atom is -0.377 e. The Morgan fingerprint density at radius 2 is 1.85 bits per heavy atom. The lowest BCUT2D eigenvalue weighted by atomic mass is 10.1. The first kappa shape index (κ1) is 13.1. The third-order valence-electron chi connectivity index (χ3n) is 1.83. The van der Waals surface area contributed by atoms with Crippen LogP contribution in [0.2, 0.25) is 0 Å². The molecule has 13 heavy (non-hydrogen) atoms. The second kappa shape index (κ2) is 10.2. The van der Waals surface area contributed by atoms with Crippen LogP contribution in [-0.2, 0) is 0 Å². The van der Waals surface area contributed by atoms with Crippen molar-refractivity contribution in [1.82, 2.24) is 0 Å². The van der Waals surface area contributed by atoms with Crippen LogP contribution in [0, 0.1) is 0 Å². The van der Waals surface area contributed by atoms with Crippen molar-refractivity contribution < 1.29 is 0 Å². The summed E-state index contributed by atoms with van der Waals surface area (Å²) in [5.74, 6) is 1.04. The molecule has 0 fully saturated rings. The van der Waals surface area contributed by atoms with Crippen LogP contribution < -0.4 is 5.73 Å². The van der Waals surface area contributed by atoms with Gasteiger partial charge < -0.3 is 5.73 Å². The van der Waals surface area contributed by atoms with Crippen molar-refractivity contribution in [1.29, 1.82) is 0 Å². The van der Waals surface area contributed by atoms with Gasteiger partial charge in [-0.05, 0) is 6.42 Å². The van der Waals surface area contributed by atoms with Crippen molar-refractivity contribution in [2.45, 2.75) is 45.4 Å². The molecule has 0 aromatic rings. The molecule has 0 radical (unpaired) electrons. The van der Waals surface area contributed by atoms with E-state index in [4.69, 9.17) is 17.5 Å². The maximum Gasteiger partial charge on any atom is 0.172 e. The van der Waals surface area contributed by atoms with Crippen LogP contribution >= 0.6 is 23.5 Å². The molecule has 0 aliphatic heterocycles. The molecule has 0 aliphatic carbocycles. The van der Waals surface area contributed by atoms with E-state index in [0.29, 0.717) is 5.17 Å². The van der Waals surface area contributed by atoms with Crippen LogP contribution in [0.3, 0.4) is 0 Å². The molecule has 0 aromatic carbocycles. The molecular formula is C9H19ClN2S. The van der Waals surface area contributed by atoms with Gasteiger partial charge in [-0.2, -0.15) is 4.51 Å². The molecule has 4 heteroatoms. The van der Waals surface area contributed by atoms with E-state index in [-0.39, 0.29) is 0 Å². The smallest absolute Gasteiger partial charge is 0.172 e. The Kier molecular flexibility index (Phi) is 10.3. The number of rotatable bonds is 7. The van der Waals surface area contributed by atoms with E-state index in [1.54, 1.807) is 0 Å². The van der Waals surface area contributed by atoms with E-state index in [0.717, 1.165) is 5.75 Å². The summed E-state index contributed by atoms with van der Waals surface area (Å²) in [7, 11) is 0. The van der Waals surface area contributed by atoms with Gasteiger partial charge in [0, 0.05) is 17.5 Å². The van der Waals surface area contributed by atoms with E-state index in [1.807, 2.05) is 0 Å². The van der Waals surface area contributed by atoms with Gasteiger partial charge in [0.15, 0.2) is 5.17 Å².